The van der Waals surface area contributed by atoms with Crippen LogP contribution in [0.5, 0.6) is 0 Å². The quantitative estimate of drug-likeness (QED) is 0.723. The molecule has 0 amide bonds. The van der Waals surface area contributed by atoms with Crippen LogP contribution in [0.2, 0.25) is 0 Å². The van der Waals surface area contributed by atoms with E-state index in [2.05, 4.69) is 0 Å². The summed E-state index contributed by atoms with van der Waals surface area (Å²) in [5, 5.41) is 0. The minimum atomic E-state index is -4.01. The Morgan fingerprint density at radius 1 is 1.00 bits per heavy atom. The molecule has 0 aromatic heterocycles. The molecule has 2 N–H and O–H groups in total. The minimum Gasteiger partial charge on any atom is -0.328 e. The van der Waals surface area contributed by atoms with Gasteiger partial charge in [0.05, 0.1) is 5.92 Å². The van der Waals surface area contributed by atoms with Crippen molar-refractivity contribution in [3.8, 4) is 0 Å². The Kier molecular flexibility index (Phi) is 2.97. The smallest absolute Gasteiger partial charge is 0.328 e. The molecule has 0 saturated heterocycles. The second-order valence-electron chi connectivity index (χ2n) is 5.08. The highest BCUT2D eigenvalue weighted by molar-refractivity contribution is 4.91. The van der Waals surface area contributed by atoms with Crippen LogP contribution in [-0.4, -0.2) is 12.2 Å². The van der Waals surface area contributed by atoms with Crippen molar-refractivity contribution in [1.29, 1.82) is 0 Å². The van der Waals surface area contributed by atoms with Crippen molar-refractivity contribution in [1.82, 2.24) is 0 Å². The first kappa shape index (κ1) is 11.2. The average molecular weight is 221 g/mol. The maximum absolute atomic E-state index is 12.8. The molecule has 4 heteroatoms. The normalized spacial score (nSPS) is 38.8. The lowest BCUT2D eigenvalue weighted by Gasteiger charge is -2.43. The van der Waals surface area contributed by atoms with Gasteiger partial charge in [-0.2, -0.15) is 13.2 Å². The van der Waals surface area contributed by atoms with Crippen molar-refractivity contribution in [3.05, 3.63) is 0 Å². The first-order valence-electron chi connectivity index (χ1n) is 5.81. The van der Waals surface area contributed by atoms with Gasteiger partial charge in [-0.1, -0.05) is 19.3 Å². The van der Waals surface area contributed by atoms with Crippen LogP contribution in [0.25, 0.3) is 0 Å². The van der Waals surface area contributed by atoms with Crippen molar-refractivity contribution >= 4 is 0 Å². The van der Waals surface area contributed by atoms with E-state index in [1.165, 1.54) is 0 Å². The molecular formula is C11H18F3N. The Balaban J connectivity index is 2.06. The third kappa shape index (κ3) is 2.30. The van der Waals surface area contributed by atoms with E-state index in [0.717, 1.165) is 19.3 Å². The lowest BCUT2D eigenvalue weighted by atomic mass is 9.64. The molecule has 2 aliphatic rings. The van der Waals surface area contributed by atoms with E-state index in [0.29, 0.717) is 18.8 Å². The van der Waals surface area contributed by atoms with E-state index >= 15 is 0 Å². The van der Waals surface area contributed by atoms with Gasteiger partial charge in [0.15, 0.2) is 0 Å². The van der Waals surface area contributed by atoms with Gasteiger partial charge in [-0.05, 0) is 31.1 Å². The van der Waals surface area contributed by atoms with Crippen molar-refractivity contribution in [2.45, 2.75) is 50.7 Å². The highest BCUT2D eigenvalue weighted by atomic mass is 19.4. The molecule has 0 aliphatic heterocycles. The van der Waals surface area contributed by atoms with Crippen molar-refractivity contribution in [2.24, 2.45) is 23.5 Å². The third-order valence-corrected chi connectivity index (χ3v) is 4.12. The monoisotopic (exact) mass is 221 g/mol. The summed E-state index contributed by atoms with van der Waals surface area (Å²) in [7, 11) is 0. The zero-order valence-corrected chi connectivity index (χ0v) is 8.76. The molecule has 2 aliphatic carbocycles. The molecule has 0 radical (unpaired) electrons. The van der Waals surface area contributed by atoms with Gasteiger partial charge >= 0.3 is 6.18 Å². The largest absolute Gasteiger partial charge is 0.392 e. The van der Waals surface area contributed by atoms with E-state index in [1.807, 2.05) is 0 Å². The first-order chi connectivity index (χ1) is 6.98. The predicted octanol–water partition coefficient (Wildman–Crippen LogP) is 3.09. The summed E-state index contributed by atoms with van der Waals surface area (Å²) < 4.78 is 38.4. The second-order valence-corrected chi connectivity index (χ2v) is 5.08. The fraction of sp³-hybridized carbons (Fsp3) is 1.00. The molecule has 15 heavy (non-hydrogen) atoms. The summed E-state index contributed by atoms with van der Waals surface area (Å²) in [5.41, 5.74) is 5.78. The van der Waals surface area contributed by atoms with Gasteiger partial charge in [-0.25, -0.2) is 0 Å². The first-order valence-corrected chi connectivity index (χ1v) is 5.81. The van der Waals surface area contributed by atoms with Gasteiger partial charge in [-0.15, -0.1) is 0 Å². The molecule has 88 valence electrons. The van der Waals surface area contributed by atoms with Crippen LogP contribution in [-0.2, 0) is 0 Å². The maximum atomic E-state index is 12.8. The van der Waals surface area contributed by atoms with Gasteiger partial charge in [0.1, 0.15) is 0 Å². The molecule has 2 saturated carbocycles. The molecule has 3 atom stereocenters. The summed E-state index contributed by atoms with van der Waals surface area (Å²) in [6.07, 6.45) is 0.392. The minimum absolute atomic E-state index is 0.00537. The second kappa shape index (κ2) is 3.96. The number of nitrogens with two attached hydrogens (primary N) is 1. The Morgan fingerprint density at radius 3 is 2.13 bits per heavy atom. The SMILES string of the molecule is NC1CCC(C(F)(F)F)C(C2CCC2)C1. The number of alkyl halides is 3. The van der Waals surface area contributed by atoms with Gasteiger partial charge in [0.25, 0.3) is 0 Å². The van der Waals surface area contributed by atoms with Gasteiger partial charge in [0.2, 0.25) is 0 Å². The number of hydrogen-bond donors (Lipinski definition) is 1. The predicted molar refractivity (Wildman–Crippen MR) is 52.2 cm³/mol. The van der Waals surface area contributed by atoms with E-state index in [-0.39, 0.29) is 18.4 Å². The summed E-state index contributed by atoms with van der Waals surface area (Å²) in [5.74, 6) is -0.979. The van der Waals surface area contributed by atoms with Crippen molar-refractivity contribution < 1.29 is 13.2 Å². The highest BCUT2D eigenvalue weighted by Gasteiger charge is 2.49. The van der Waals surface area contributed by atoms with Crippen LogP contribution in [0.3, 0.4) is 0 Å². The van der Waals surface area contributed by atoms with Gasteiger partial charge < -0.3 is 5.73 Å². The topological polar surface area (TPSA) is 26.0 Å². The molecule has 0 heterocycles. The highest BCUT2D eigenvalue weighted by Crippen LogP contribution is 2.49. The maximum Gasteiger partial charge on any atom is 0.392 e. The fourth-order valence-electron chi connectivity index (χ4n) is 3.03. The Bertz CT molecular complexity index is 222. The molecule has 1 nitrogen and oxygen atoms in total. The number of rotatable bonds is 1. The van der Waals surface area contributed by atoms with E-state index in [9.17, 15) is 13.2 Å². The number of halogens is 3. The van der Waals surface area contributed by atoms with E-state index in [1.54, 1.807) is 0 Å². The molecule has 2 rings (SSSR count). The Labute approximate surface area is 88.2 Å². The van der Waals surface area contributed by atoms with E-state index < -0.39 is 12.1 Å². The standard InChI is InChI=1S/C11H18F3N/c12-11(13,14)10-5-4-8(15)6-9(10)7-2-1-3-7/h7-10H,1-6,15H2. The van der Waals surface area contributed by atoms with Crippen LogP contribution >= 0.6 is 0 Å². The Morgan fingerprint density at radius 2 is 1.67 bits per heavy atom. The van der Waals surface area contributed by atoms with Crippen molar-refractivity contribution in [2.75, 3.05) is 0 Å². The molecule has 2 fully saturated rings. The van der Waals surface area contributed by atoms with Crippen LogP contribution in [0.1, 0.15) is 38.5 Å². The molecule has 0 bridgehead atoms. The summed E-state index contributed by atoms with van der Waals surface area (Å²) >= 11 is 0. The average Bonchev–Trinajstić information content (AvgIpc) is 1.98. The van der Waals surface area contributed by atoms with Gasteiger partial charge in [0, 0.05) is 6.04 Å². The van der Waals surface area contributed by atoms with Crippen LogP contribution < -0.4 is 5.73 Å². The number of hydrogen-bond acceptors (Lipinski definition) is 1. The third-order valence-electron chi connectivity index (χ3n) is 4.12. The van der Waals surface area contributed by atoms with Crippen LogP contribution in [0, 0.1) is 17.8 Å². The fourth-order valence-corrected chi connectivity index (χ4v) is 3.03. The van der Waals surface area contributed by atoms with Crippen LogP contribution in [0.4, 0.5) is 13.2 Å². The summed E-state index contributed by atoms with van der Waals surface area (Å²) in [4.78, 5) is 0. The molecular weight excluding hydrogens is 203 g/mol. The molecule has 0 aromatic carbocycles. The lowest BCUT2D eigenvalue weighted by Crippen LogP contribution is -2.44. The zero-order valence-electron chi connectivity index (χ0n) is 8.76. The summed E-state index contributed by atoms with van der Waals surface area (Å²) in [6.45, 7) is 0. The lowest BCUT2D eigenvalue weighted by molar-refractivity contribution is -0.205. The molecule has 0 spiro atoms. The molecule has 0 aromatic rings. The van der Waals surface area contributed by atoms with E-state index in [4.69, 9.17) is 5.73 Å². The van der Waals surface area contributed by atoms with Crippen LogP contribution in [0.15, 0.2) is 0 Å². The zero-order chi connectivity index (χ0) is 11.1. The Hall–Kier alpha value is -0.250. The summed E-state index contributed by atoms with van der Waals surface area (Å²) in [6, 6.07) is -0.00537. The van der Waals surface area contributed by atoms with Crippen molar-refractivity contribution in [3.63, 3.8) is 0 Å². The molecule has 3 unspecified atom stereocenters. The van der Waals surface area contributed by atoms with Gasteiger partial charge in [-0.3, -0.25) is 0 Å².